The van der Waals surface area contributed by atoms with Crippen LogP contribution in [0.15, 0.2) is 160 Å². The molecule has 6 aromatic carbocycles. The summed E-state index contributed by atoms with van der Waals surface area (Å²) < 4.78 is 23.8. The van der Waals surface area contributed by atoms with E-state index >= 15 is 0 Å². The van der Waals surface area contributed by atoms with Crippen LogP contribution in [0.1, 0.15) is 0 Å². The van der Waals surface area contributed by atoms with Crippen molar-refractivity contribution in [3.63, 3.8) is 0 Å². The number of hydrogen-bond acceptors (Lipinski definition) is 6. The first kappa shape index (κ1) is 36.6. The third kappa shape index (κ3) is 6.29. The molecule has 0 saturated heterocycles. The van der Waals surface area contributed by atoms with E-state index in [-0.39, 0.29) is 20.1 Å². The molecular formula is C48H33IrN6O3. The first-order valence-electron chi connectivity index (χ1n) is 18.4. The molecule has 0 aliphatic carbocycles. The summed E-state index contributed by atoms with van der Waals surface area (Å²) >= 11 is 0. The summed E-state index contributed by atoms with van der Waals surface area (Å²) in [6.45, 7) is 0. The summed E-state index contributed by atoms with van der Waals surface area (Å²) in [7, 11) is 5.91. The van der Waals surface area contributed by atoms with Crippen molar-refractivity contribution in [1.82, 2.24) is 28.7 Å². The minimum atomic E-state index is 0. The van der Waals surface area contributed by atoms with Gasteiger partial charge in [0.05, 0.1) is 34.2 Å². The Morgan fingerprint density at radius 1 is 0.397 bits per heavy atom. The molecule has 0 spiro atoms. The van der Waals surface area contributed by atoms with Crippen LogP contribution in [-0.4, -0.2) is 28.7 Å². The fourth-order valence-electron chi connectivity index (χ4n) is 7.39. The number of nitrogens with zero attached hydrogens (tertiary/aromatic N) is 6. The minimum absolute atomic E-state index is 0. The summed E-state index contributed by atoms with van der Waals surface area (Å²) in [5.41, 5.74) is 7.94. The van der Waals surface area contributed by atoms with Crippen LogP contribution >= 0.6 is 0 Å². The molecule has 0 saturated carbocycles. The smallest absolute Gasteiger partial charge is 0.501 e. The van der Waals surface area contributed by atoms with E-state index in [0.29, 0.717) is 0 Å². The number of rotatable bonds is 3. The molecule has 12 aromatic rings. The zero-order chi connectivity index (χ0) is 38.5. The Bertz CT molecular complexity index is 3020. The van der Waals surface area contributed by atoms with Crippen LogP contribution in [-0.2, 0) is 41.2 Å². The molecule has 6 aromatic heterocycles. The molecule has 0 radical (unpaired) electrons. The van der Waals surface area contributed by atoms with Gasteiger partial charge in [0.1, 0.15) is 16.7 Å². The van der Waals surface area contributed by atoms with Gasteiger partial charge in [0.25, 0.3) is 0 Å². The van der Waals surface area contributed by atoms with Crippen LogP contribution in [0.5, 0.6) is 0 Å². The molecule has 6 heterocycles. The second kappa shape index (κ2) is 15.2. The summed E-state index contributed by atoms with van der Waals surface area (Å²) in [4.78, 5) is 13.1. The summed E-state index contributed by atoms with van der Waals surface area (Å²) in [6.07, 6.45) is 11.1. The topological polar surface area (TPSA) is 92.9 Å². The molecule has 0 fully saturated rings. The number of para-hydroxylation sites is 3. The van der Waals surface area contributed by atoms with Crippen molar-refractivity contribution in [2.45, 2.75) is 0 Å². The number of aryl methyl sites for hydroxylation is 3. The summed E-state index contributed by atoms with van der Waals surface area (Å²) in [5.74, 6) is 2.60. The van der Waals surface area contributed by atoms with Gasteiger partial charge in [-0.05, 0) is 18.2 Å². The molecule has 0 atom stereocenters. The van der Waals surface area contributed by atoms with E-state index in [1.807, 2.05) is 144 Å². The third-order valence-corrected chi connectivity index (χ3v) is 10.2. The molecule has 0 amide bonds. The molecule has 0 unspecified atom stereocenters. The average molecular weight is 934 g/mol. The van der Waals surface area contributed by atoms with Crippen LogP contribution in [0.2, 0.25) is 0 Å². The molecular weight excluding hydrogens is 901 g/mol. The average Bonchev–Trinajstić information content (AvgIpc) is 4.11. The number of furan rings is 3. The van der Waals surface area contributed by atoms with Crippen molar-refractivity contribution >= 4 is 65.8 Å². The Hall–Kier alpha value is -7.00. The first-order chi connectivity index (χ1) is 28.0. The normalized spacial score (nSPS) is 11.2. The standard InChI is InChI=1S/3C16H11N2O.Ir/c3*1-18-10-9-17-16(18)13-7-4-6-12-11-5-2-3-8-14(11)19-15(12)13;/h3*2-6,8-10H,1H3;/q3*-1;+3. The van der Waals surface area contributed by atoms with Crippen molar-refractivity contribution in [1.29, 1.82) is 0 Å². The molecule has 0 aliphatic heterocycles. The predicted octanol–water partition coefficient (Wildman–Crippen LogP) is 11.4. The number of fused-ring (bicyclic) bond motifs is 9. The van der Waals surface area contributed by atoms with Crippen LogP contribution < -0.4 is 0 Å². The fraction of sp³-hybridized carbons (Fsp3) is 0.0625. The van der Waals surface area contributed by atoms with E-state index < -0.39 is 0 Å². The van der Waals surface area contributed by atoms with Crippen molar-refractivity contribution in [2.24, 2.45) is 21.1 Å². The van der Waals surface area contributed by atoms with Crippen molar-refractivity contribution in [3.05, 3.63) is 165 Å². The van der Waals surface area contributed by atoms with Gasteiger partial charge < -0.3 is 27.0 Å². The maximum Gasteiger partial charge on any atom is 3.00 e. The molecule has 58 heavy (non-hydrogen) atoms. The maximum absolute atomic E-state index is 5.98. The molecule has 9 nitrogen and oxygen atoms in total. The predicted molar refractivity (Wildman–Crippen MR) is 224 cm³/mol. The van der Waals surface area contributed by atoms with Crippen molar-refractivity contribution < 1.29 is 33.4 Å². The van der Waals surface area contributed by atoms with Crippen LogP contribution in [0, 0.1) is 18.2 Å². The zero-order valence-corrected chi connectivity index (χ0v) is 34.0. The molecule has 0 bridgehead atoms. The van der Waals surface area contributed by atoms with E-state index in [1.165, 1.54) is 0 Å². The van der Waals surface area contributed by atoms with Gasteiger partial charge in [-0.25, -0.2) is 0 Å². The van der Waals surface area contributed by atoms with Gasteiger partial charge in [0.15, 0.2) is 0 Å². The van der Waals surface area contributed by atoms with E-state index in [0.717, 1.165) is 100.0 Å². The third-order valence-electron chi connectivity index (χ3n) is 10.2. The van der Waals surface area contributed by atoms with Crippen LogP contribution in [0.25, 0.3) is 100.0 Å². The van der Waals surface area contributed by atoms with Crippen LogP contribution in [0.4, 0.5) is 0 Å². The van der Waals surface area contributed by atoms with Gasteiger partial charge in [0, 0.05) is 74.5 Å². The molecule has 0 N–H and O–H groups in total. The van der Waals surface area contributed by atoms with Gasteiger partial charge in [-0.15, -0.1) is 54.6 Å². The Morgan fingerprint density at radius 3 is 0.966 bits per heavy atom. The molecule has 282 valence electrons. The molecule has 10 heteroatoms. The van der Waals surface area contributed by atoms with Gasteiger partial charge >= 0.3 is 20.1 Å². The Kier molecular flexibility index (Phi) is 9.57. The Balaban J connectivity index is 0.000000112. The summed E-state index contributed by atoms with van der Waals surface area (Å²) in [5, 5.41) is 6.69. The first-order valence-corrected chi connectivity index (χ1v) is 18.4. The van der Waals surface area contributed by atoms with Crippen molar-refractivity contribution in [3.8, 4) is 34.2 Å². The fourth-order valence-corrected chi connectivity index (χ4v) is 7.39. The van der Waals surface area contributed by atoms with Gasteiger partial charge in [-0.1, -0.05) is 87.4 Å². The number of benzene rings is 6. The zero-order valence-electron chi connectivity index (χ0n) is 31.6. The van der Waals surface area contributed by atoms with Gasteiger partial charge in [0.2, 0.25) is 0 Å². The molecule has 12 rings (SSSR count). The number of imidazole rings is 3. The number of aromatic nitrogens is 6. The van der Waals surface area contributed by atoms with Crippen LogP contribution in [0.3, 0.4) is 0 Å². The van der Waals surface area contributed by atoms with Gasteiger partial charge in [-0.2, -0.15) is 0 Å². The van der Waals surface area contributed by atoms with E-state index in [4.69, 9.17) is 13.3 Å². The monoisotopic (exact) mass is 934 g/mol. The van der Waals surface area contributed by atoms with Gasteiger partial charge in [-0.3, -0.25) is 15.0 Å². The second-order valence-corrected chi connectivity index (χ2v) is 13.7. The molecule has 0 aliphatic rings. The minimum Gasteiger partial charge on any atom is -0.501 e. The second-order valence-electron chi connectivity index (χ2n) is 13.7. The van der Waals surface area contributed by atoms with E-state index in [1.54, 1.807) is 18.6 Å². The SMILES string of the molecule is Cn1ccnc1-c1[c-]ccc2c1oc1ccccc12.Cn1ccnc1-c1[c-]ccc2c1oc1ccccc12.Cn1ccnc1-c1[c-]ccc2c1oc1ccccc12.[Ir+3]. The number of hydrogen-bond donors (Lipinski definition) is 0. The quantitative estimate of drug-likeness (QED) is 0.164. The summed E-state index contributed by atoms with van der Waals surface area (Å²) in [6, 6.07) is 45.8. The maximum atomic E-state index is 5.98. The Labute approximate surface area is 346 Å². The van der Waals surface area contributed by atoms with E-state index in [2.05, 4.69) is 51.4 Å². The van der Waals surface area contributed by atoms with E-state index in [9.17, 15) is 0 Å². The largest absolute Gasteiger partial charge is 3.00 e. The Morgan fingerprint density at radius 2 is 0.690 bits per heavy atom. The van der Waals surface area contributed by atoms with Crippen molar-refractivity contribution in [2.75, 3.05) is 0 Å².